The maximum Gasteiger partial charge on any atom is 0.223 e. The van der Waals surface area contributed by atoms with Gasteiger partial charge in [0.25, 0.3) is 0 Å². The van der Waals surface area contributed by atoms with Crippen LogP contribution >= 0.6 is 0 Å². The van der Waals surface area contributed by atoms with Crippen LogP contribution in [0.2, 0.25) is 0 Å². The van der Waals surface area contributed by atoms with E-state index < -0.39 is 0 Å². The van der Waals surface area contributed by atoms with Gasteiger partial charge >= 0.3 is 0 Å². The van der Waals surface area contributed by atoms with Crippen LogP contribution in [0.3, 0.4) is 0 Å². The predicted octanol–water partition coefficient (Wildman–Crippen LogP) is 3.68. The summed E-state index contributed by atoms with van der Waals surface area (Å²) >= 11 is 0. The summed E-state index contributed by atoms with van der Waals surface area (Å²) in [5, 5.41) is 0. The molecule has 0 unspecified atom stereocenters. The van der Waals surface area contributed by atoms with Crippen molar-refractivity contribution >= 4 is 0 Å². The number of unbranched alkanes of at least 4 members (excludes halogenated alkanes) is 1. The van der Waals surface area contributed by atoms with Crippen LogP contribution in [-0.2, 0) is 13.0 Å². The Bertz CT molecular complexity index is 508. The highest BCUT2D eigenvalue weighted by Crippen LogP contribution is 2.23. The minimum absolute atomic E-state index is 0.428. The lowest BCUT2D eigenvalue weighted by Crippen LogP contribution is -2.00. The fourth-order valence-electron chi connectivity index (χ4n) is 1.89. The normalized spacial score (nSPS) is 10.4. The van der Waals surface area contributed by atoms with Crippen molar-refractivity contribution < 1.29 is 4.74 Å². The summed E-state index contributed by atoms with van der Waals surface area (Å²) < 4.78 is 5.77. The third-order valence-corrected chi connectivity index (χ3v) is 3.03. The van der Waals surface area contributed by atoms with Crippen LogP contribution < -0.4 is 10.5 Å². The van der Waals surface area contributed by atoms with Gasteiger partial charge in [-0.05, 0) is 36.6 Å². The lowest BCUT2D eigenvalue weighted by atomic mass is 10.1. The molecule has 0 bridgehead atoms. The lowest BCUT2D eigenvalue weighted by Gasteiger charge is -2.09. The van der Waals surface area contributed by atoms with Gasteiger partial charge in [-0.1, -0.05) is 31.5 Å². The molecule has 0 aliphatic carbocycles. The molecule has 19 heavy (non-hydrogen) atoms. The number of nitrogens with zero attached hydrogens (tertiary/aromatic N) is 1. The van der Waals surface area contributed by atoms with Crippen molar-refractivity contribution in [3.63, 3.8) is 0 Å². The number of aryl methyl sites for hydroxylation is 1. The van der Waals surface area contributed by atoms with Crippen molar-refractivity contribution in [3.05, 3.63) is 53.7 Å². The molecule has 3 nitrogen and oxygen atoms in total. The molecule has 0 fully saturated rings. The van der Waals surface area contributed by atoms with Crippen molar-refractivity contribution in [2.45, 2.75) is 32.7 Å². The molecule has 3 heteroatoms. The standard InChI is InChI=1S/C16H20N2O/c1-2-3-5-13-7-9-15(10-8-13)19-16-14(12-17)6-4-11-18-16/h4,6-11H,2-3,5,12,17H2,1H3. The fourth-order valence-corrected chi connectivity index (χ4v) is 1.89. The molecular formula is C16H20N2O. The first-order valence-corrected chi connectivity index (χ1v) is 6.74. The van der Waals surface area contributed by atoms with E-state index in [-0.39, 0.29) is 0 Å². The van der Waals surface area contributed by atoms with Crippen LogP contribution in [0.4, 0.5) is 0 Å². The highest BCUT2D eigenvalue weighted by molar-refractivity contribution is 5.33. The highest BCUT2D eigenvalue weighted by atomic mass is 16.5. The number of ether oxygens (including phenoxy) is 1. The molecule has 2 aromatic rings. The van der Waals surface area contributed by atoms with Crippen molar-refractivity contribution in [2.75, 3.05) is 0 Å². The molecule has 100 valence electrons. The molecule has 0 amide bonds. The zero-order valence-corrected chi connectivity index (χ0v) is 11.3. The van der Waals surface area contributed by atoms with E-state index in [9.17, 15) is 0 Å². The Morgan fingerprint density at radius 3 is 2.63 bits per heavy atom. The predicted molar refractivity (Wildman–Crippen MR) is 77.3 cm³/mol. The molecule has 0 spiro atoms. The van der Waals surface area contributed by atoms with E-state index in [0.29, 0.717) is 12.4 Å². The summed E-state index contributed by atoms with van der Waals surface area (Å²) in [4.78, 5) is 4.21. The van der Waals surface area contributed by atoms with Gasteiger partial charge in [0.1, 0.15) is 5.75 Å². The van der Waals surface area contributed by atoms with E-state index in [4.69, 9.17) is 10.5 Å². The second-order valence-electron chi connectivity index (χ2n) is 4.52. The Balaban J connectivity index is 2.06. The molecule has 2 rings (SSSR count). The van der Waals surface area contributed by atoms with E-state index >= 15 is 0 Å². The first kappa shape index (κ1) is 13.6. The molecule has 0 atom stereocenters. The van der Waals surface area contributed by atoms with Gasteiger partial charge in [0.15, 0.2) is 0 Å². The van der Waals surface area contributed by atoms with Crippen molar-refractivity contribution in [2.24, 2.45) is 5.73 Å². The van der Waals surface area contributed by atoms with Gasteiger partial charge in [-0.25, -0.2) is 4.98 Å². The number of hydrogen-bond acceptors (Lipinski definition) is 3. The van der Waals surface area contributed by atoms with E-state index in [0.717, 1.165) is 17.7 Å². The van der Waals surface area contributed by atoms with Gasteiger partial charge < -0.3 is 10.5 Å². The molecule has 0 radical (unpaired) electrons. The van der Waals surface area contributed by atoms with Crippen LogP contribution in [0.25, 0.3) is 0 Å². The largest absolute Gasteiger partial charge is 0.439 e. The van der Waals surface area contributed by atoms with Crippen molar-refractivity contribution in [1.82, 2.24) is 4.98 Å². The summed E-state index contributed by atoms with van der Waals surface area (Å²) in [6.45, 7) is 2.63. The lowest BCUT2D eigenvalue weighted by molar-refractivity contribution is 0.456. The van der Waals surface area contributed by atoms with E-state index in [1.807, 2.05) is 24.3 Å². The number of nitrogens with two attached hydrogens (primary N) is 1. The quantitative estimate of drug-likeness (QED) is 0.857. The van der Waals surface area contributed by atoms with Crippen LogP contribution in [0.1, 0.15) is 30.9 Å². The number of rotatable bonds is 6. The maximum atomic E-state index is 5.77. The second-order valence-corrected chi connectivity index (χ2v) is 4.52. The summed E-state index contributed by atoms with van der Waals surface area (Å²) in [6, 6.07) is 12.0. The first-order chi connectivity index (χ1) is 9.33. The van der Waals surface area contributed by atoms with E-state index in [1.54, 1.807) is 6.20 Å². The Morgan fingerprint density at radius 1 is 1.16 bits per heavy atom. The summed E-state index contributed by atoms with van der Waals surface area (Å²) in [6.07, 6.45) is 5.27. The highest BCUT2D eigenvalue weighted by Gasteiger charge is 2.04. The van der Waals surface area contributed by atoms with Crippen molar-refractivity contribution in [1.29, 1.82) is 0 Å². The molecule has 1 aromatic carbocycles. The molecule has 0 saturated heterocycles. The average Bonchev–Trinajstić information content (AvgIpc) is 2.47. The van der Waals surface area contributed by atoms with E-state index in [1.165, 1.54) is 18.4 Å². The third-order valence-electron chi connectivity index (χ3n) is 3.03. The SMILES string of the molecule is CCCCc1ccc(Oc2ncccc2CN)cc1. The van der Waals surface area contributed by atoms with Crippen LogP contribution in [-0.4, -0.2) is 4.98 Å². The number of hydrogen-bond donors (Lipinski definition) is 1. The summed E-state index contributed by atoms with van der Waals surface area (Å²) in [5.41, 5.74) is 7.92. The average molecular weight is 256 g/mol. The molecule has 1 heterocycles. The number of benzene rings is 1. The molecule has 0 aliphatic rings. The first-order valence-electron chi connectivity index (χ1n) is 6.74. The number of aromatic nitrogens is 1. The Hall–Kier alpha value is -1.87. The van der Waals surface area contributed by atoms with Gasteiger partial charge in [0.2, 0.25) is 5.88 Å². The zero-order valence-electron chi connectivity index (χ0n) is 11.3. The molecular weight excluding hydrogens is 236 g/mol. The molecule has 0 saturated carbocycles. The summed E-state index contributed by atoms with van der Waals surface area (Å²) in [5.74, 6) is 1.39. The second kappa shape index (κ2) is 6.90. The third kappa shape index (κ3) is 3.80. The fraction of sp³-hybridized carbons (Fsp3) is 0.312. The number of pyridine rings is 1. The topological polar surface area (TPSA) is 48.1 Å². The smallest absolute Gasteiger partial charge is 0.223 e. The minimum atomic E-state index is 0.428. The maximum absolute atomic E-state index is 5.77. The van der Waals surface area contributed by atoms with Gasteiger partial charge in [0, 0.05) is 18.3 Å². The van der Waals surface area contributed by atoms with Gasteiger partial charge in [-0.2, -0.15) is 0 Å². The van der Waals surface area contributed by atoms with Gasteiger partial charge in [0.05, 0.1) is 0 Å². The van der Waals surface area contributed by atoms with Gasteiger partial charge in [-0.15, -0.1) is 0 Å². The van der Waals surface area contributed by atoms with Crippen LogP contribution in [0.5, 0.6) is 11.6 Å². The Kier molecular flexibility index (Phi) is 4.93. The van der Waals surface area contributed by atoms with E-state index in [2.05, 4.69) is 24.0 Å². The van der Waals surface area contributed by atoms with Crippen LogP contribution in [0.15, 0.2) is 42.6 Å². The van der Waals surface area contributed by atoms with Crippen LogP contribution in [0, 0.1) is 0 Å². The molecule has 0 aliphatic heterocycles. The minimum Gasteiger partial charge on any atom is -0.439 e. The summed E-state index contributed by atoms with van der Waals surface area (Å²) in [7, 11) is 0. The monoisotopic (exact) mass is 256 g/mol. The molecule has 2 N–H and O–H groups in total. The van der Waals surface area contributed by atoms with Crippen molar-refractivity contribution in [3.8, 4) is 11.6 Å². The molecule has 1 aromatic heterocycles. The zero-order chi connectivity index (χ0) is 13.5. The van der Waals surface area contributed by atoms with Gasteiger partial charge in [-0.3, -0.25) is 0 Å². The Labute approximate surface area is 114 Å². The Morgan fingerprint density at radius 2 is 1.95 bits per heavy atom.